The van der Waals surface area contributed by atoms with Crippen molar-refractivity contribution < 1.29 is 0 Å². The van der Waals surface area contributed by atoms with Crippen molar-refractivity contribution in [2.45, 2.75) is 171 Å². The summed E-state index contributed by atoms with van der Waals surface area (Å²) in [5.74, 6) is 3.38. The third-order valence-corrected chi connectivity index (χ3v) is 17.8. The second-order valence-electron chi connectivity index (χ2n) is 22.7. The Morgan fingerprint density at radius 1 is 0.319 bits per heavy atom. The molecule has 0 bridgehead atoms. The van der Waals surface area contributed by atoms with Crippen LogP contribution in [0.5, 0.6) is 0 Å². The van der Waals surface area contributed by atoms with E-state index in [9.17, 15) is 0 Å². The van der Waals surface area contributed by atoms with Crippen molar-refractivity contribution in [2.75, 3.05) is 0 Å². The zero-order valence-electron chi connectivity index (χ0n) is 41.5. The summed E-state index contributed by atoms with van der Waals surface area (Å²) >= 11 is 0. The van der Waals surface area contributed by atoms with E-state index in [1.54, 1.807) is 22.3 Å². The van der Waals surface area contributed by atoms with Gasteiger partial charge in [0.25, 0.3) is 0 Å². The fraction of sp³-hybridized carbons (Fsp3) is 0.403. The van der Waals surface area contributed by atoms with Crippen molar-refractivity contribution >= 4 is 0 Å². The summed E-state index contributed by atoms with van der Waals surface area (Å²) in [4.78, 5) is 11.3. The molecule has 2 heteroatoms. The molecular weight excluding hydrogens is 833 g/mol. The second kappa shape index (κ2) is 19.3. The first kappa shape index (κ1) is 44.6. The lowest BCUT2D eigenvalue weighted by atomic mass is 9.78. The third-order valence-electron chi connectivity index (χ3n) is 17.8. The number of nitrogens with zero attached hydrogens (tertiary/aromatic N) is 2. The Kier molecular flexibility index (Phi) is 12.5. The number of rotatable bonds is 9. The third kappa shape index (κ3) is 9.07. The monoisotopic (exact) mass is 905 g/mol. The Balaban J connectivity index is 0.974. The van der Waals surface area contributed by atoms with Gasteiger partial charge in [0.1, 0.15) is 0 Å². The van der Waals surface area contributed by atoms with E-state index < -0.39 is 0 Å². The summed E-state index contributed by atoms with van der Waals surface area (Å²) in [5, 5.41) is 0. The fourth-order valence-corrected chi connectivity index (χ4v) is 13.8. The molecule has 1 heterocycles. The van der Waals surface area contributed by atoms with Gasteiger partial charge < -0.3 is 0 Å². The predicted octanol–water partition coefficient (Wildman–Crippen LogP) is 19.3. The van der Waals surface area contributed by atoms with Crippen LogP contribution in [-0.4, -0.2) is 9.97 Å². The van der Waals surface area contributed by atoms with Crippen LogP contribution < -0.4 is 0 Å². The minimum absolute atomic E-state index is 0.0372. The van der Waals surface area contributed by atoms with Crippen LogP contribution >= 0.6 is 0 Å². The first-order valence-corrected chi connectivity index (χ1v) is 27.6. The van der Waals surface area contributed by atoms with Crippen LogP contribution in [0, 0.1) is 0 Å². The maximum atomic E-state index is 5.65. The van der Waals surface area contributed by atoms with Gasteiger partial charge in [-0.15, -0.1) is 0 Å². The van der Waals surface area contributed by atoms with Crippen LogP contribution in [0.15, 0.2) is 133 Å². The van der Waals surface area contributed by atoms with Crippen LogP contribution in [0.4, 0.5) is 0 Å². The molecule has 5 aliphatic carbocycles. The molecule has 0 spiro atoms. The summed E-state index contributed by atoms with van der Waals surface area (Å²) < 4.78 is 0. The van der Waals surface area contributed by atoms with Crippen molar-refractivity contribution in [2.24, 2.45) is 0 Å². The number of hydrogen-bond acceptors (Lipinski definition) is 2. The molecule has 0 saturated heterocycles. The van der Waals surface area contributed by atoms with Gasteiger partial charge in [0.15, 0.2) is 5.82 Å². The van der Waals surface area contributed by atoms with Crippen LogP contribution in [0.3, 0.4) is 0 Å². The average molecular weight is 905 g/mol. The summed E-state index contributed by atoms with van der Waals surface area (Å²) in [6.07, 6.45) is 26.7. The lowest BCUT2D eigenvalue weighted by Crippen LogP contribution is -2.14. The highest BCUT2D eigenvalue weighted by Gasteiger charge is 2.35. The van der Waals surface area contributed by atoms with Gasteiger partial charge in [-0.25, -0.2) is 9.97 Å². The Hall–Kier alpha value is -5.60. The standard InChI is InChI=1S/C67H72N2/c1-67(2)62-32-16-15-31-60(62)61-34-33-52(43-63(61)67)50-28-17-27-49(35-50)51-29-18-30-53(36-51)66-68-64(58-39-54(45-19-7-3-8-20-45)37-55(40-58)46-21-9-4-10-22-46)44-65(69-66)59-41-56(47-23-11-5-12-24-47)38-57(42-59)48-25-13-6-14-26-48/h15-18,27-48H,3-14,19-26H2,1-2H3. The quantitative estimate of drug-likeness (QED) is 0.144. The zero-order valence-corrected chi connectivity index (χ0v) is 41.5. The largest absolute Gasteiger partial charge is 0.228 e. The minimum atomic E-state index is -0.0372. The summed E-state index contributed by atoms with van der Waals surface area (Å²) in [7, 11) is 0. The molecular formula is C67H72N2. The second-order valence-corrected chi connectivity index (χ2v) is 22.7. The topological polar surface area (TPSA) is 25.8 Å². The molecule has 5 aliphatic rings. The molecule has 12 rings (SSSR count). The molecule has 0 unspecified atom stereocenters. The Morgan fingerprint density at radius 2 is 0.710 bits per heavy atom. The number of fused-ring (bicyclic) bond motifs is 3. The van der Waals surface area contributed by atoms with Crippen LogP contribution in [0.25, 0.3) is 67.3 Å². The van der Waals surface area contributed by atoms with E-state index in [4.69, 9.17) is 9.97 Å². The molecule has 350 valence electrons. The Morgan fingerprint density at radius 3 is 1.17 bits per heavy atom. The summed E-state index contributed by atoms with van der Waals surface area (Å²) in [5.41, 5.74) is 22.4. The van der Waals surface area contributed by atoms with Gasteiger partial charge in [-0.1, -0.05) is 176 Å². The number of aromatic nitrogens is 2. The average Bonchev–Trinajstić information content (AvgIpc) is 3.66. The maximum Gasteiger partial charge on any atom is 0.160 e. The molecule has 0 N–H and O–H groups in total. The molecule has 0 aliphatic heterocycles. The molecule has 6 aromatic carbocycles. The zero-order chi connectivity index (χ0) is 46.3. The fourth-order valence-electron chi connectivity index (χ4n) is 13.8. The van der Waals surface area contributed by atoms with Crippen LogP contribution in [0.2, 0.25) is 0 Å². The van der Waals surface area contributed by atoms with Gasteiger partial charge in [-0.3, -0.25) is 0 Å². The molecule has 0 atom stereocenters. The van der Waals surface area contributed by atoms with E-state index in [1.807, 2.05) is 0 Å². The van der Waals surface area contributed by atoms with Crippen molar-refractivity contribution in [3.05, 3.63) is 167 Å². The molecule has 0 amide bonds. The van der Waals surface area contributed by atoms with Crippen molar-refractivity contribution in [1.29, 1.82) is 0 Å². The van der Waals surface area contributed by atoms with Crippen molar-refractivity contribution in [1.82, 2.24) is 9.97 Å². The Bertz CT molecular complexity index is 2790. The maximum absolute atomic E-state index is 5.65. The lowest BCUT2D eigenvalue weighted by Gasteiger charge is -2.27. The molecule has 4 fully saturated rings. The summed E-state index contributed by atoms with van der Waals surface area (Å²) in [6.45, 7) is 4.75. The molecule has 69 heavy (non-hydrogen) atoms. The molecule has 1 aromatic heterocycles. The normalized spacial score (nSPS) is 19.0. The molecule has 2 nitrogen and oxygen atoms in total. The van der Waals surface area contributed by atoms with E-state index >= 15 is 0 Å². The van der Waals surface area contributed by atoms with Gasteiger partial charge in [0.05, 0.1) is 11.4 Å². The molecule has 4 saturated carbocycles. The highest BCUT2D eigenvalue weighted by Crippen LogP contribution is 2.50. The van der Waals surface area contributed by atoms with Crippen molar-refractivity contribution in [3.8, 4) is 67.3 Å². The van der Waals surface area contributed by atoms with Crippen molar-refractivity contribution in [3.63, 3.8) is 0 Å². The summed E-state index contributed by atoms with van der Waals surface area (Å²) in [6, 6.07) is 52.1. The van der Waals surface area contributed by atoms with Crippen LogP contribution in [-0.2, 0) is 5.41 Å². The highest BCUT2D eigenvalue weighted by molar-refractivity contribution is 5.85. The first-order chi connectivity index (χ1) is 33.9. The smallest absolute Gasteiger partial charge is 0.160 e. The highest BCUT2D eigenvalue weighted by atomic mass is 14.9. The minimum Gasteiger partial charge on any atom is -0.228 e. The molecule has 0 radical (unpaired) electrons. The lowest BCUT2D eigenvalue weighted by molar-refractivity contribution is 0.435. The van der Waals surface area contributed by atoms with Gasteiger partial charge in [0, 0.05) is 22.1 Å². The van der Waals surface area contributed by atoms with Crippen LogP contribution in [0.1, 0.15) is 199 Å². The SMILES string of the molecule is CC1(C)c2ccccc2-c2ccc(-c3cccc(-c4cccc(-c5nc(-c6cc(C7CCCCC7)cc(C7CCCCC7)c6)cc(-c6cc(C7CCCCC7)cc(C7CCCCC7)c6)n5)c4)c3)cc21. The van der Waals surface area contributed by atoms with Gasteiger partial charge in [0.2, 0.25) is 0 Å². The Labute approximate surface area is 413 Å². The van der Waals surface area contributed by atoms with E-state index in [0.29, 0.717) is 23.7 Å². The van der Waals surface area contributed by atoms with E-state index in [1.165, 1.54) is 184 Å². The van der Waals surface area contributed by atoms with E-state index in [0.717, 1.165) is 22.8 Å². The number of hydrogen-bond donors (Lipinski definition) is 0. The van der Waals surface area contributed by atoms with Gasteiger partial charge >= 0.3 is 0 Å². The number of benzene rings is 6. The first-order valence-electron chi connectivity index (χ1n) is 27.6. The van der Waals surface area contributed by atoms with Gasteiger partial charge in [-0.2, -0.15) is 0 Å². The molecule has 7 aromatic rings. The van der Waals surface area contributed by atoms with Gasteiger partial charge in [-0.05, 0) is 190 Å². The van der Waals surface area contributed by atoms with E-state index in [-0.39, 0.29) is 5.41 Å². The predicted molar refractivity (Wildman–Crippen MR) is 290 cm³/mol. The van der Waals surface area contributed by atoms with E-state index in [2.05, 4.69) is 147 Å².